The second-order valence-electron chi connectivity index (χ2n) is 5.71. The highest BCUT2D eigenvalue weighted by molar-refractivity contribution is 5.53. The van der Waals surface area contributed by atoms with E-state index in [1.165, 1.54) is 5.69 Å². The lowest BCUT2D eigenvalue weighted by atomic mass is 10.2. The third-order valence-electron chi connectivity index (χ3n) is 3.96. The number of benzene rings is 1. The van der Waals surface area contributed by atoms with E-state index in [1.54, 1.807) is 0 Å². The molecule has 112 valence electrons. The van der Waals surface area contributed by atoms with Crippen molar-refractivity contribution in [3.63, 3.8) is 0 Å². The number of ether oxygens (including phenoxy) is 1. The van der Waals surface area contributed by atoms with E-state index in [0.29, 0.717) is 6.04 Å². The van der Waals surface area contributed by atoms with Crippen LogP contribution in [-0.4, -0.2) is 49.8 Å². The summed E-state index contributed by atoms with van der Waals surface area (Å²) < 4.78 is 5.93. The van der Waals surface area contributed by atoms with E-state index in [9.17, 15) is 0 Å². The first kappa shape index (κ1) is 15.1. The van der Waals surface area contributed by atoms with E-state index in [1.807, 2.05) is 12.1 Å². The summed E-state index contributed by atoms with van der Waals surface area (Å²) in [5.41, 5.74) is 7.78. The molecule has 1 saturated heterocycles. The predicted octanol–water partition coefficient (Wildman–Crippen LogP) is 2.20. The van der Waals surface area contributed by atoms with Crippen LogP contribution in [0.4, 0.5) is 11.4 Å². The van der Waals surface area contributed by atoms with Crippen LogP contribution in [0.25, 0.3) is 0 Å². The van der Waals surface area contributed by atoms with Crippen LogP contribution in [-0.2, 0) is 4.74 Å². The van der Waals surface area contributed by atoms with Crippen LogP contribution in [0.3, 0.4) is 0 Å². The van der Waals surface area contributed by atoms with Gasteiger partial charge in [0.25, 0.3) is 0 Å². The monoisotopic (exact) mass is 277 g/mol. The lowest BCUT2D eigenvalue weighted by Crippen LogP contribution is -2.49. The summed E-state index contributed by atoms with van der Waals surface area (Å²) in [6.45, 7) is 11.5. The zero-order valence-corrected chi connectivity index (χ0v) is 12.9. The number of hydrogen-bond acceptors (Lipinski definition) is 4. The van der Waals surface area contributed by atoms with E-state index >= 15 is 0 Å². The maximum absolute atomic E-state index is 5.93. The van der Waals surface area contributed by atoms with E-state index < -0.39 is 0 Å². The molecule has 4 nitrogen and oxygen atoms in total. The fourth-order valence-corrected chi connectivity index (χ4v) is 2.67. The van der Waals surface area contributed by atoms with Crippen molar-refractivity contribution in [2.75, 3.05) is 43.4 Å². The van der Waals surface area contributed by atoms with Crippen LogP contribution in [0.2, 0.25) is 0 Å². The van der Waals surface area contributed by atoms with Gasteiger partial charge in [-0.25, -0.2) is 0 Å². The summed E-state index contributed by atoms with van der Waals surface area (Å²) in [7, 11) is 0. The zero-order valence-electron chi connectivity index (χ0n) is 12.9. The van der Waals surface area contributed by atoms with Gasteiger partial charge in [0.05, 0.1) is 12.7 Å². The van der Waals surface area contributed by atoms with Gasteiger partial charge < -0.3 is 15.4 Å². The Morgan fingerprint density at radius 3 is 2.65 bits per heavy atom. The van der Waals surface area contributed by atoms with Gasteiger partial charge in [0.2, 0.25) is 0 Å². The molecule has 0 aliphatic carbocycles. The van der Waals surface area contributed by atoms with Gasteiger partial charge in [0.15, 0.2) is 0 Å². The molecule has 20 heavy (non-hydrogen) atoms. The number of nitrogens with zero attached hydrogens (tertiary/aromatic N) is 2. The Morgan fingerprint density at radius 1 is 1.35 bits per heavy atom. The Balaban J connectivity index is 1.97. The van der Waals surface area contributed by atoms with Crippen molar-refractivity contribution in [1.29, 1.82) is 0 Å². The van der Waals surface area contributed by atoms with Gasteiger partial charge in [-0.3, -0.25) is 4.90 Å². The molecule has 0 aromatic heterocycles. The smallest absolute Gasteiger partial charge is 0.0877 e. The second-order valence-corrected chi connectivity index (χ2v) is 5.71. The highest BCUT2D eigenvalue weighted by Crippen LogP contribution is 2.18. The van der Waals surface area contributed by atoms with Gasteiger partial charge in [-0.1, -0.05) is 0 Å². The van der Waals surface area contributed by atoms with Crippen molar-refractivity contribution in [3.05, 3.63) is 24.3 Å². The van der Waals surface area contributed by atoms with E-state index in [0.717, 1.165) is 38.5 Å². The van der Waals surface area contributed by atoms with Crippen molar-refractivity contribution in [1.82, 2.24) is 4.90 Å². The number of rotatable bonds is 5. The average Bonchev–Trinajstić information content (AvgIpc) is 2.46. The minimum absolute atomic E-state index is 0.281. The lowest BCUT2D eigenvalue weighted by Gasteiger charge is -2.38. The second kappa shape index (κ2) is 6.95. The Kier molecular flexibility index (Phi) is 5.26. The molecule has 1 heterocycles. The average molecular weight is 277 g/mol. The first-order valence-corrected chi connectivity index (χ1v) is 7.56. The molecule has 2 N–H and O–H groups in total. The van der Waals surface area contributed by atoms with E-state index in [2.05, 4.69) is 42.7 Å². The lowest BCUT2D eigenvalue weighted by molar-refractivity contribution is -0.0341. The highest BCUT2D eigenvalue weighted by Gasteiger charge is 2.23. The minimum atomic E-state index is 0.281. The molecule has 0 radical (unpaired) electrons. The summed E-state index contributed by atoms with van der Waals surface area (Å²) in [6.07, 6.45) is 0.281. The number of hydrogen-bond donors (Lipinski definition) is 1. The van der Waals surface area contributed by atoms with Crippen molar-refractivity contribution < 1.29 is 4.74 Å². The van der Waals surface area contributed by atoms with E-state index in [4.69, 9.17) is 10.5 Å². The normalized spacial score (nSPS) is 20.3. The fraction of sp³-hybridized carbons (Fsp3) is 0.625. The van der Waals surface area contributed by atoms with Crippen LogP contribution >= 0.6 is 0 Å². The SMILES string of the molecule is CCN(CC1CN(C(C)C)CCO1)c1ccc(N)cc1. The molecule has 0 bridgehead atoms. The Morgan fingerprint density at radius 2 is 2.05 bits per heavy atom. The molecule has 1 atom stereocenters. The number of morpholine rings is 1. The van der Waals surface area contributed by atoms with Crippen LogP contribution < -0.4 is 10.6 Å². The highest BCUT2D eigenvalue weighted by atomic mass is 16.5. The molecule has 1 aliphatic heterocycles. The zero-order chi connectivity index (χ0) is 14.5. The van der Waals surface area contributed by atoms with Gasteiger partial charge in [-0.05, 0) is 45.0 Å². The van der Waals surface area contributed by atoms with Gasteiger partial charge in [-0.2, -0.15) is 0 Å². The number of nitrogens with two attached hydrogens (primary N) is 1. The molecular weight excluding hydrogens is 250 g/mol. The third kappa shape index (κ3) is 3.87. The molecule has 1 aliphatic rings. The molecule has 1 unspecified atom stereocenters. The largest absolute Gasteiger partial charge is 0.399 e. The third-order valence-corrected chi connectivity index (χ3v) is 3.96. The molecule has 1 aromatic rings. The van der Waals surface area contributed by atoms with E-state index in [-0.39, 0.29) is 6.10 Å². The van der Waals surface area contributed by atoms with Crippen molar-refractivity contribution in [3.8, 4) is 0 Å². The maximum atomic E-state index is 5.93. The molecule has 0 amide bonds. The summed E-state index contributed by atoms with van der Waals surface area (Å²) in [4.78, 5) is 4.85. The van der Waals surface area contributed by atoms with Crippen LogP contribution in [0.5, 0.6) is 0 Å². The first-order chi connectivity index (χ1) is 9.60. The molecule has 0 saturated carbocycles. The molecule has 1 aromatic carbocycles. The van der Waals surface area contributed by atoms with Crippen LogP contribution in [0.1, 0.15) is 20.8 Å². The molecule has 4 heteroatoms. The fourth-order valence-electron chi connectivity index (χ4n) is 2.67. The summed E-state index contributed by atoms with van der Waals surface area (Å²) in [5.74, 6) is 0. The van der Waals surface area contributed by atoms with Crippen LogP contribution in [0, 0.1) is 0 Å². The standard InChI is InChI=1S/C16H27N3O/c1-4-18(15-7-5-14(17)6-8-15)11-16-12-19(13(2)3)9-10-20-16/h5-8,13,16H,4,9-12,17H2,1-3H3. The quantitative estimate of drug-likeness (QED) is 0.838. The van der Waals surface area contributed by atoms with Gasteiger partial charge in [0, 0.05) is 43.6 Å². The molecule has 2 rings (SSSR count). The number of likely N-dealkylation sites (N-methyl/N-ethyl adjacent to an activating group) is 1. The first-order valence-electron chi connectivity index (χ1n) is 7.56. The summed E-state index contributed by atoms with van der Waals surface area (Å²) in [6, 6.07) is 8.68. The van der Waals surface area contributed by atoms with Crippen LogP contribution in [0.15, 0.2) is 24.3 Å². The Labute approximate surface area is 122 Å². The van der Waals surface area contributed by atoms with Crippen molar-refractivity contribution in [2.24, 2.45) is 0 Å². The summed E-state index contributed by atoms with van der Waals surface area (Å²) in [5, 5.41) is 0. The molecule has 1 fully saturated rings. The Bertz CT molecular complexity index is 405. The minimum Gasteiger partial charge on any atom is -0.399 e. The van der Waals surface area contributed by atoms with Crippen molar-refractivity contribution >= 4 is 11.4 Å². The Hall–Kier alpha value is -1.26. The van der Waals surface area contributed by atoms with Crippen molar-refractivity contribution in [2.45, 2.75) is 32.9 Å². The van der Waals surface area contributed by atoms with Gasteiger partial charge in [-0.15, -0.1) is 0 Å². The molecular formula is C16H27N3O. The number of anilines is 2. The maximum Gasteiger partial charge on any atom is 0.0877 e. The number of nitrogen functional groups attached to an aromatic ring is 1. The summed E-state index contributed by atoms with van der Waals surface area (Å²) >= 11 is 0. The molecule has 0 spiro atoms. The topological polar surface area (TPSA) is 41.7 Å². The van der Waals surface area contributed by atoms with Gasteiger partial charge >= 0.3 is 0 Å². The predicted molar refractivity (Wildman–Crippen MR) is 85.2 cm³/mol. The van der Waals surface area contributed by atoms with Gasteiger partial charge in [0.1, 0.15) is 0 Å².